The lowest BCUT2D eigenvalue weighted by molar-refractivity contribution is 0.446. The normalized spacial score (nSPS) is 12.3. The van der Waals surface area contributed by atoms with Crippen LogP contribution in [0.3, 0.4) is 0 Å². The Morgan fingerprint density at radius 2 is 1.79 bits per heavy atom. The van der Waals surface area contributed by atoms with E-state index >= 15 is 0 Å². The summed E-state index contributed by atoms with van der Waals surface area (Å²) in [4.78, 5) is 8.43. The van der Waals surface area contributed by atoms with Crippen LogP contribution in [-0.4, -0.2) is 20.2 Å². The van der Waals surface area contributed by atoms with Crippen molar-refractivity contribution in [3.8, 4) is 11.5 Å². The molecule has 1 heterocycles. The molecule has 0 amide bonds. The maximum absolute atomic E-state index is 9.45. The number of phenolic OH excluding ortho intramolecular Hbond substituents is 2. The molecule has 1 aromatic heterocycles. The molecule has 0 fully saturated rings. The number of hydrogen-bond donors (Lipinski definition) is 3. The number of aromatic hydroxyl groups is 2. The molecule has 0 saturated carbocycles. The molecular weight excluding hydrogens is 242 g/mol. The van der Waals surface area contributed by atoms with Crippen molar-refractivity contribution in [2.24, 2.45) is 0 Å². The van der Waals surface area contributed by atoms with Crippen molar-refractivity contribution < 1.29 is 10.2 Å². The lowest BCUT2D eigenvalue weighted by Crippen LogP contribution is -2.18. The zero-order valence-electron chi connectivity index (χ0n) is 11.0. The van der Waals surface area contributed by atoms with Crippen molar-refractivity contribution in [3.63, 3.8) is 0 Å². The van der Waals surface area contributed by atoms with Crippen LogP contribution in [0.15, 0.2) is 30.6 Å². The summed E-state index contributed by atoms with van der Waals surface area (Å²) in [5, 5.41) is 22.2. The molecular formula is C14H17N3O2. The van der Waals surface area contributed by atoms with Crippen LogP contribution in [0.1, 0.15) is 29.9 Å². The van der Waals surface area contributed by atoms with E-state index in [1.165, 1.54) is 6.07 Å². The zero-order valence-corrected chi connectivity index (χ0v) is 11.0. The van der Waals surface area contributed by atoms with E-state index in [0.29, 0.717) is 6.54 Å². The fraction of sp³-hybridized carbons (Fsp3) is 0.286. The van der Waals surface area contributed by atoms with E-state index in [1.54, 1.807) is 24.5 Å². The average Bonchev–Trinajstić information content (AvgIpc) is 2.36. The molecule has 0 aliphatic rings. The third-order valence-electron chi connectivity index (χ3n) is 2.85. The maximum atomic E-state index is 9.45. The van der Waals surface area contributed by atoms with Gasteiger partial charge >= 0.3 is 0 Å². The topological polar surface area (TPSA) is 78.3 Å². The van der Waals surface area contributed by atoms with Gasteiger partial charge in [-0.05, 0) is 31.5 Å². The molecule has 0 radical (unpaired) electrons. The Hall–Kier alpha value is -2.14. The van der Waals surface area contributed by atoms with Gasteiger partial charge in [0.2, 0.25) is 0 Å². The van der Waals surface area contributed by atoms with Crippen molar-refractivity contribution in [2.45, 2.75) is 26.4 Å². The molecule has 5 heteroatoms. The highest BCUT2D eigenvalue weighted by Crippen LogP contribution is 2.24. The predicted octanol–water partition coefficient (Wildman–Crippen LogP) is 2.05. The van der Waals surface area contributed by atoms with Gasteiger partial charge in [0, 0.05) is 31.0 Å². The van der Waals surface area contributed by atoms with Crippen molar-refractivity contribution in [1.29, 1.82) is 0 Å². The van der Waals surface area contributed by atoms with Crippen LogP contribution >= 0.6 is 0 Å². The Morgan fingerprint density at radius 3 is 2.37 bits per heavy atom. The smallest absolute Gasteiger partial charge is 0.119 e. The molecule has 2 rings (SSSR count). The van der Waals surface area contributed by atoms with Gasteiger partial charge in [-0.25, -0.2) is 0 Å². The van der Waals surface area contributed by atoms with E-state index in [2.05, 4.69) is 15.3 Å². The molecule has 1 aromatic carbocycles. The van der Waals surface area contributed by atoms with Crippen LogP contribution in [0, 0.1) is 6.92 Å². The van der Waals surface area contributed by atoms with E-state index in [9.17, 15) is 10.2 Å². The standard InChI is InChI=1S/C14H17N3O2/c1-9-6-17-12(7-15-9)8-16-10(2)11-3-13(18)5-14(19)4-11/h3-7,10,16,18-19H,8H2,1-2H3. The highest BCUT2D eigenvalue weighted by Gasteiger charge is 2.08. The van der Waals surface area contributed by atoms with Crippen LogP contribution in [0.2, 0.25) is 0 Å². The Balaban J connectivity index is 2.00. The molecule has 0 aliphatic heterocycles. The van der Waals surface area contributed by atoms with Crippen LogP contribution in [0.4, 0.5) is 0 Å². The van der Waals surface area contributed by atoms with E-state index in [4.69, 9.17) is 0 Å². The Morgan fingerprint density at radius 1 is 1.11 bits per heavy atom. The SMILES string of the molecule is Cc1cnc(CNC(C)c2cc(O)cc(O)c2)cn1. The van der Waals surface area contributed by atoms with E-state index in [-0.39, 0.29) is 17.5 Å². The summed E-state index contributed by atoms with van der Waals surface area (Å²) in [5.74, 6) is 0.109. The Kier molecular flexibility index (Phi) is 3.97. The van der Waals surface area contributed by atoms with Gasteiger partial charge in [-0.15, -0.1) is 0 Å². The number of phenols is 2. The second kappa shape index (κ2) is 5.67. The van der Waals surface area contributed by atoms with Crippen LogP contribution in [-0.2, 0) is 6.54 Å². The first kappa shape index (κ1) is 13.3. The van der Waals surface area contributed by atoms with Crippen LogP contribution < -0.4 is 5.32 Å². The second-order valence-corrected chi connectivity index (χ2v) is 4.53. The van der Waals surface area contributed by atoms with Gasteiger partial charge in [0.25, 0.3) is 0 Å². The summed E-state index contributed by atoms with van der Waals surface area (Å²) in [7, 11) is 0. The highest BCUT2D eigenvalue weighted by atomic mass is 16.3. The van der Waals surface area contributed by atoms with Gasteiger partial charge in [0.15, 0.2) is 0 Å². The Labute approximate surface area is 112 Å². The summed E-state index contributed by atoms with van der Waals surface area (Å²) >= 11 is 0. The van der Waals surface area contributed by atoms with Gasteiger partial charge in [0.05, 0.1) is 11.4 Å². The summed E-state index contributed by atoms with van der Waals surface area (Å²) < 4.78 is 0. The van der Waals surface area contributed by atoms with Gasteiger partial charge < -0.3 is 15.5 Å². The summed E-state index contributed by atoms with van der Waals surface area (Å²) in [6, 6.07) is 4.54. The molecule has 1 atom stereocenters. The third kappa shape index (κ3) is 3.66. The summed E-state index contributed by atoms with van der Waals surface area (Å²) in [5.41, 5.74) is 2.55. The van der Waals surface area contributed by atoms with Crippen molar-refractivity contribution in [2.75, 3.05) is 0 Å². The molecule has 0 aliphatic carbocycles. The Bertz CT molecular complexity index is 535. The van der Waals surface area contributed by atoms with Gasteiger partial charge in [-0.1, -0.05) is 0 Å². The monoisotopic (exact) mass is 259 g/mol. The molecule has 0 bridgehead atoms. The first-order valence-electron chi connectivity index (χ1n) is 6.08. The number of benzene rings is 1. The highest BCUT2D eigenvalue weighted by molar-refractivity contribution is 5.37. The number of aromatic nitrogens is 2. The fourth-order valence-electron chi connectivity index (χ4n) is 1.75. The minimum Gasteiger partial charge on any atom is -0.508 e. The lowest BCUT2D eigenvalue weighted by atomic mass is 10.1. The largest absolute Gasteiger partial charge is 0.508 e. The van der Waals surface area contributed by atoms with E-state index < -0.39 is 0 Å². The maximum Gasteiger partial charge on any atom is 0.119 e. The van der Waals surface area contributed by atoms with E-state index in [0.717, 1.165) is 17.0 Å². The first-order valence-corrected chi connectivity index (χ1v) is 6.08. The van der Waals surface area contributed by atoms with Crippen molar-refractivity contribution >= 4 is 0 Å². The molecule has 0 saturated heterocycles. The summed E-state index contributed by atoms with van der Waals surface area (Å²) in [6.07, 6.45) is 3.46. The van der Waals surface area contributed by atoms with Crippen molar-refractivity contribution in [1.82, 2.24) is 15.3 Å². The molecule has 3 N–H and O–H groups in total. The van der Waals surface area contributed by atoms with Crippen LogP contribution in [0.25, 0.3) is 0 Å². The molecule has 100 valence electrons. The lowest BCUT2D eigenvalue weighted by Gasteiger charge is -2.14. The first-order chi connectivity index (χ1) is 9.04. The van der Waals surface area contributed by atoms with Crippen molar-refractivity contribution in [3.05, 3.63) is 47.5 Å². The fourth-order valence-corrected chi connectivity index (χ4v) is 1.75. The minimum absolute atomic E-state index is 0.0129. The minimum atomic E-state index is -0.0129. The van der Waals surface area contributed by atoms with Gasteiger partial charge in [-0.3, -0.25) is 9.97 Å². The zero-order chi connectivity index (χ0) is 13.8. The van der Waals surface area contributed by atoms with E-state index in [1.807, 2.05) is 13.8 Å². The number of nitrogens with one attached hydrogen (secondary N) is 1. The third-order valence-corrected chi connectivity index (χ3v) is 2.85. The number of nitrogens with zero attached hydrogens (tertiary/aromatic N) is 2. The molecule has 1 unspecified atom stereocenters. The average molecular weight is 259 g/mol. The quantitative estimate of drug-likeness (QED) is 0.783. The van der Waals surface area contributed by atoms with Gasteiger partial charge in [0.1, 0.15) is 11.5 Å². The number of aryl methyl sites for hydroxylation is 1. The second-order valence-electron chi connectivity index (χ2n) is 4.53. The molecule has 19 heavy (non-hydrogen) atoms. The van der Waals surface area contributed by atoms with Gasteiger partial charge in [-0.2, -0.15) is 0 Å². The molecule has 5 nitrogen and oxygen atoms in total. The molecule has 0 spiro atoms. The number of rotatable bonds is 4. The van der Waals surface area contributed by atoms with Crippen LogP contribution in [0.5, 0.6) is 11.5 Å². The molecule has 2 aromatic rings. The summed E-state index contributed by atoms with van der Waals surface area (Å²) in [6.45, 7) is 4.42. The predicted molar refractivity (Wildman–Crippen MR) is 71.8 cm³/mol. The number of hydrogen-bond acceptors (Lipinski definition) is 5.